The zero-order valence-electron chi connectivity index (χ0n) is 15.4. The predicted octanol–water partition coefficient (Wildman–Crippen LogP) is 3.74. The van der Waals surface area contributed by atoms with Gasteiger partial charge in [-0.3, -0.25) is 5.32 Å². The molecule has 0 bridgehead atoms. The molecule has 0 unspecified atom stereocenters. The number of aryl methyl sites for hydroxylation is 1. The number of aromatic nitrogens is 3. The summed E-state index contributed by atoms with van der Waals surface area (Å²) in [6.45, 7) is 4.23. The number of thiophene rings is 1. The number of anilines is 2. The Morgan fingerprint density at radius 3 is 2.68 bits per heavy atom. The number of carbonyl (C=O) groups excluding carboxylic acids is 1. The van der Waals surface area contributed by atoms with E-state index in [0.717, 1.165) is 16.0 Å². The molecule has 0 fully saturated rings. The van der Waals surface area contributed by atoms with Gasteiger partial charge < -0.3 is 10.1 Å². The third kappa shape index (κ3) is 4.52. The van der Waals surface area contributed by atoms with Crippen LogP contribution in [0.1, 0.15) is 26.4 Å². The van der Waals surface area contributed by atoms with Gasteiger partial charge in [-0.05, 0) is 49.3 Å². The van der Waals surface area contributed by atoms with Gasteiger partial charge in [0.2, 0.25) is 5.95 Å². The van der Waals surface area contributed by atoms with Gasteiger partial charge in [0.25, 0.3) is 0 Å². The third-order valence-corrected chi connectivity index (χ3v) is 5.35. The van der Waals surface area contributed by atoms with Crippen molar-refractivity contribution in [2.45, 2.75) is 20.4 Å². The zero-order valence-corrected chi connectivity index (χ0v) is 17.1. The van der Waals surface area contributed by atoms with Crippen LogP contribution in [0, 0.1) is 19.7 Å². The third-order valence-electron chi connectivity index (χ3n) is 4.02. The molecule has 0 amide bonds. The van der Waals surface area contributed by atoms with E-state index >= 15 is 0 Å². The first kappa shape index (κ1) is 19.9. The summed E-state index contributed by atoms with van der Waals surface area (Å²) in [7, 11) is 1.34. The number of methoxy groups -OCH3 is 1. The highest BCUT2D eigenvalue weighted by molar-refractivity contribution is 7.80. The van der Waals surface area contributed by atoms with Crippen LogP contribution in [-0.4, -0.2) is 33.0 Å². The molecule has 0 aliphatic heterocycles. The van der Waals surface area contributed by atoms with Gasteiger partial charge in [0, 0.05) is 4.88 Å². The molecule has 2 heterocycles. The molecule has 0 aliphatic rings. The molecule has 28 heavy (non-hydrogen) atoms. The number of hydrogen-bond acceptors (Lipinski definition) is 6. The number of hydrogen-bond donors (Lipinski definition) is 2. The minimum absolute atomic E-state index is 0.255. The van der Waals surface area contributed by atoms with Crippen molar-refractivity contribution >= 4 is 45.6 Å². The Morgan fingerprint density at radius 1 is 1.29 bits per heavy atom. The van der Waals surface area contributed by atoms with E-state index in [4.69, 9.17) is 17.0 Å². The first-order chi connectivity index (χ1) is 13.4. The van der Waals surface area contributed by atoms with Crippen molar-refractivity contribution in [3.8, 4) is 0 Å². The number of nitrogens with zero attached hydrogens (tertiary/aromatic N) is 3. The molecule has 146 valence electrons. The molecule has 0 spiro atoms. The van der Waals surface area contributed by atoms with Crippen LogP contribution < -0.4 is 10.6 Å². The Balaban J connectivity index is 1.66. The first-order valence-electron chi connectivity index (χ1n) is 8.27. The van der Waals surface area contributed by atoms with Crippen molar-refractivity contribution in [3.63, 3.8) is 0 Å². The van der Waals surface area contributed by atoms with Crippen LogP contribution in [-0.2, 0) is 11.3 Å². The smallest absolute Gasteiger partial charge is 0.341 e. The van der Waals surface area contributed by atoms with Crippen molar-refractivity contribution in [1.82, 2.24) is 14.8 Å². The monoisotopic (exact) mass is 419 g/mol. The second-order valence-electron chi connectivity index (χ2n) is 5.95. The molecule has 0 aliphatic carbocycles. The highest BCUT2D eigenvalue weighted by atomic mass is 32.1. The van der Waals surface area contributed by atoms with E-state index in [1.807, 2.05) is 13.8 Å². The molecule has 1 aromatic carbocycles. The summed E-state index contributed by atoms with van der Waals surface area (Å²) in [6.07, 6.45) is 1.55. The molecule has 0 atom stereocenters. The summed E-state index contributed by atoms with van der Waals surface area (Å²) < 4.78 is 19.4. The molecule has 0 saturated carbocycles. The quantitative estimate of drug-likeness (QED) is 0.482. The minimum Gasteiger partial charge on any atom is -0.465 e. The Morgan fingerprint density at radius 2 is 2.00 bits per heavy atom. The normalized spacial score (nSPS) is 10.6. The number of nitrogens with one attached hydrogen (secondary N) is 2. The number of thiocarbonyl (C=S) groups is 1. The van der Waals surface area contributed by atoms with E-state index in [0.29, 0.717) is 23.1 Å². The van der Waals surface area contributed by atoms with E-state index in [1.165, 1.54) is 30.6 Å². The fourth-order valence-electron chi connectivity index (χ4n) is 2.50. The Kier molecular flexibility index (Phi) is 6.00. The average Bonchev–Trinajstić information content (AvgIpc) is 3.20. The average molecular weight is 420 g/mol. The van der Waals surface area contributed by atoms with Gasteiger partial charge in [0.1, 0.15) is 17.1 Å². The summed E-state index contributed by atoms with van der Waals surface area (Å²) >= 11 is 6.72. The van der Waals surface area contributed by atoms with Crippen LogP contribution in [0.3, 0.4) is 0 Å². The summed E-state index contributed by atoms with van der Waals surface area (Å²) in [4.78, 5) is 17.2. The van der Waals surface area contributed by atoms with Gasteiger partial charge >= 0.3 is 5.97 Å². The van der Waals surface area contributed by atoms with E-state index in [2.05, 4.69) is 20.7 Å². The van der Waals surface area contributed by atoms with Gasteiger partial charge in [-0.25, -0.2) is 18.9 Å². The minimum atomic E-state index is -0.422. The standard InChI is InChI=1S/C18H18FN5O2S2/c1-10-11(2)28-15(14(10)16(25)26-3)21-18(27)22-17-20-9-24(23-17)8-12-4-6-13(19)7-5-12/h4-7,9H,8H2,1-3H3,(H2,21,22,23,27). The highest BCUT2D eigenvalue weighted by Crippen LogP contribution is 2.33. The number of esters is 1. The summed E-state index contributed by atoms with van der Waals surface area (Å²) in [6, 6.07) is 6.17. The van der Waals surface area contributed by atoms with Crippen LogP contribution in [0.4, 0.5) is 15.3 Å². The molecule has 2 aromatic heterocycles. The Bertz CT molecular complexity index is 1010. The highest BCUT2D eigenvalue weighted by Gasteiger charge is 2.21. The van der Waals surface area contributed by atoms with Crippen molar-refractivity contribution in [2.24, 2.45) is 0 Å². The second-order valence-corrected chi connectivity index (χ2v) is 7.58. The largest absolute Gasteiger partial charge is 0.465 e. The lowest BCUT2D eigenvalue weighted by atomic mass is 10.1. The van der Waals surface area contributed by atoms with E-state index in [1.54, 1.807) is 23.1 Å². The topological polar surface area (TPSA) is 81.1 Å². The van der Waals surface area contributed by atoms with Gasteiger partial charge in [0.05, 0.1) is 19.2 Å². The van der Waals surface area contributed by atoms with Crippen LogP contribution in [0.25, 0.3) is 0 Å². The lowest BCUT2D eigenvalue weighted by Gasteiger charge is -2.08. The van der Waals surface area contributed by atoms with E-state index in [9.17, 15) is 9.18 Å². The van der Waals surface area contributed by atoms with Crippen molar-refractivity contribution in [1.29, 1.82) is 0 Å². The van der Waals surface area contributed by atoms with Crippen LogP contribution in [0.15, 0.2) is 30.6 Å². The van der Waals surface area contributed by atoms with Gasteiger partial charge in [0.15, 0.2) is 5.11 Å². The summed E-state index contributed by atoms with van der Waals surface area (Å²) in [5.41, 5.74) is 2.21. The van der Waals surface area contributed by atoms with E-state index in [-0.39, 0.29) is 10.9 Å². The Labute approximate surface area is 170 Å². The molecule has 3 aromatic rings. The maximum Gasteiger partial charge on any atom is 0.341 e. The fourth-order valence-corrected chi connectivity index (χ4v) is 3.81. The molecule has 0 saturated heterocycles. The number of carbonyl (C=O) groups is 1. The summed E-state index contributed by atoms with van der Waals surface area (Å²) in [5, 5.41) is 11.0. The van der Waals surface area contributed by atoms with Crippen LogP contribution in [0.5, 0.6) is 0 Å². The molecule has 7 nitrogen and oxygen atoms in total. The van der Waals surface area contributed by atoms with Gasteiger partial charge in [-0.15, -0.1) is 16.4 Å². The van der Waals surface area contributed by atoms with Crippen molar-refractivity contribution < 1.29 is 13.9 Å². The zero-order chi connectivity index (χ0) is 20.3. The number of rotatable bonds is 5. The maximum atomic E-state index is 13.0. The molecular formula is C18H18FN5O2S2. The Hall–Kier alpha value is -2.85. The predicted molar refractivity (Wildman–Crippen MR) is 110 cm³/mol. The van der Waals surface area contributed by atoms with Crippen molar-refractivity contribution in [2.75, 3.05) is 17.7 Å². The molecule has 10 heteroatoms. The number of halogens is 1. The molecular weight excluding hydrogens is 401 g/mol. The van der Waals surface area contributed by atoms with Gasteiger partial charge in [-0.1, -0.05) is 12.1 Å². The van der Waals surface area contributed by atoms with Crippen LogP contribution >= 0.6 is 23.6 Å². The molecule has 2 N–H and O–H groups in total. The second kappa shape index (κ2) is 8.44. The van der Waals surface area contributed by atoms with Crippen molar-refractivity contribution in [3.05, 3.63) is 58.0 Å². The lowest BCUT2D eigenvalue weighted by molar-refractivity contribution is 0.0601. The van der Waals surface area contributed by atoms with E-state index < -0.39 is 5.97 Å². The lowest BCUT2D eigenvalue weighted by Crippen LogP contribution is -2.21. The SMILES string of the molecule is COC(=O)c1c(NC(=S)Nc2ncn(Cc3ccc(F)cc3)n2)sc(C)c1C. The maximum absolute atomic E-state index is 13.0. The first-order valence-corrected chi connectivity index (χ1v) is 9.50. The number of ether oxygens (including phenoxy) is 1. The van der Waals surface area contributed by atoms with Crippen LogP contribution in [0.2, 0.25) is 0 Å². The number of benzene rings is 1. The fraction of sp³-hybridized carbons (Fsp3) is 0.222. The summed E-state index contributed by atoms with van der Waals surface area (Å²) in [5.74, 6) is -0.399. The molecule has 0 radical (unpaired) electrons. The van der Waals surface area contributed by atoms with Gasteiger partial charge in [-0.2, -0.15) is 0 Å². The molecule has 3 rings (SSSR count).